The van der Waals surface area contributed by atoms with Crippen LogP contribution in [0.15, 0.2) is 41.8 Å². The molecular weight excluding hydrogens is 388 g/mol. The van der Waals surface area contributed by atoms with Gasteiger partial charge in [-0.1, -0.05) is 18.2 Å². The Kier molecular flexibility index (Phi) is 7.37. The molecule has 2 heterocycles. The number of benzene rings is 1. The summed E-state index contributed by atoms with van der Waals surface area (Å²) in [6.45, 7) is 5.45. The summed E-state index contributed by atoms with van der Waals surface area (Å²) in [6.07, 6.45) is 0.961. The molecule has 0 bridgehead atoms. The highest BCUT2D eigenvalue weighted by Crippen LogP contribution is 2.24. The van der Waals surface area contributed by atoms with Crippen molar-refractivity contribution in [2.45, 2.75) is 39.3 Å². The molecule has 1 aromatic carbocycles. The average molecular weight is 415 g/mol. The quantitative estimate of drug-likeness (QED) is 0.495. The topological polar surface area (TPSA) is 85.2 Å². The summed E-state index contributed by atoms with van der Waals surface area (Å²) in [6, 6.07) is 11.3. The van der Waals surface area contributed by atoms with E-state index < -0.39 is 0 Å². The zero-order chi connectivity index (χ0) is 20.6. The highest BCUT2D eigenvalue weighted by atomic mass is 32.1. The lowest BCUT2D eigenvalue weighted by Crippen LogP contribution is -2.29. The summed E-state index contributed by atoms with van der Waals surface area (Å²) in [5.74, 6) is 0.151. The fourth-order valence-corrected chi connectivity index (χ4v) is 3.96. The number of nitrogens with one attached hydrogen (secondary N) is 2. The third-order valence-electron chi connectivity index (χ3n) is 4.43. The first kappa shape index (κ1) is 21.0. The molecule has 1 unspecified atom stereocenters. The Morgan fingerprint density at radius 2 is 2.07 bits per heavy atom. The number of amides is 2. The number of imidazole rings is 1. The monoisotopic (exact) mass is 414 g/mol. The van der Waals surface area contributed by atoms with Crippen LogP contribution in [0.1, 0.15) is 37.6 Å². The molecule has 0 aliphatic heterocycles. The average Bonchev–Trinajstić information content (AvgIpc) is 3.33. The Morgan fingerprint density at radius 3 is 2.79 bits per heavy atom. The van der Waals surface area contributed by atoms with E-state index >= 15 is 0 Å². The number of nitrogens with zero attached hydrogens (tertiary/aromatic N) is 2. The third kappa shape index (κ3) is 5.65. The molecule has 0 aliphatic carbocycles. The SMILES string of the molecule is CCOCCCn1c(NC(=O)CC(NC(C)=O)c2cccs2)nc2ccccc21. The number of hydrogen-bond acceptors (Lipinski definition) is 5. The van der Waals surface area contributed by atoms with Crippen molar-refractivity contribution < 1.29 is 14.3 Å². The van der Waals surface area contributed by atoms with Crippen molar-refractivity contribution in [3.05, 3.63) is 46.7 Å². The summed E-state index contributed by atoms with van der Waals surface area (Å²) in [4.78, 5) is 29.9. The van der Waals surface area contributed by atoms with Gasteiger partial charge in [-0.05, 0) is 36.9 Å². The van der Waals surface area contributed by atoms with Gasteiger partial charge in [-0.3, -0.25) is 14.9 Å². The summed E-state index contributed by atoms with van der Waals surface area (Å²) in [5, 5.41) is 7.72. The molecule has 2 amide bonds. The molecule has 8 heteroatoms. The Hall–Kier alpha value is -2.71. The summed E-state index contributed by atoms with van der Waals surface area (Å²) < 4.78 is 7.44. The maximum Gasteiger partial charge on any atom is 0.229 e. The van der Waals surface area contributed by atoms with Crippen molar-refractivity contribution in [1.82, 2.24) is 14.9 Å². The van der Waals surface area contributed by atoms with Crippen LogP contribution in [0.5, 0.6) is 0 Å². The van der Waals surface area contributed by atoms with E-state index in [-0.39, 0.29) is 24.3 Å². The Labute approximate surface area is 174 Å². The number of fused-ring (bicyclic) bond motifs is 1. The maximum absolute atomic E-state index is 12.8. The van der Waals surface area contributed by atoms with E-state index in [9.17, 15) is 9.59 Å². The van der Waals surface area contributed by atoms with Crippen LogP contribution in [0.4, 0.5) is 5.95 Å². The highest BCUT2D eigenvalue weighted by Gasteiger charge is 2.20. The van der Waals surface area contributed by atoms with Crippen molar-refractivity contribution in [2.75, 3.05) is 18.5 Å². The zero-order valence-corrected chi connectivity index (χ0v) is 17.5. The van der Waals surface area contributed by atoms with Gasteiger partial charge in [0.25, 0.3) is 0 Å². The normalized spacial score (nSPS) is 12.1. The van der Waals surface area contributed by atoms with Crippen LogP contribution in [0.3, 0.4) is 0 Å². The maximum atomic E-state index is 12.8. The van der Waals surface area contributed by atoms with Gasteiger partial charge in [0.2, 0.25) is 17.8 Å². The van der Waals surface area contributed by atoms with Crippen molar-refractivity contribution in [2.24, 2.45) is 0 Å². The van der Waals surface area contributed by atoms with Crippen LogP contribution < -0.4 is 10.6 Å². The van der Waals surface area contributed by atoms with Gasteiger partial charge in [-0.2, -0.15) is 0 Å². The second-order valence-electron chi connectivity index (χ2n) is 6.65. The molecule has 0 spiro atoms. The molecule has 0 saturated carbocycles. The molecule has 0 aliphatic rings. The van der Waals surface area contributed by atoms with Gasteiger partial charge >= 0.3 is 0 Å². The number of aromatic nitrogens is 2. The van der Waals surface area contributed by atoms with E-state index in [1.165, 1.54) is 18.3 Å². The van der Waals surface area contributed by atoms with Gasteiger partial charge in [0.1, 0.15) is 0 Å². The largest absolute Gasteiger partial charge is 0.382 e. The van der Waals surface area contributed by atoms with Crippen LogP contribution in [0.25, 0.3) is 11.0 Å². The summed E-state index contributed by atoms with van der Waals surface area (Å²) in [5.41, 5.74) is 1.80. The van der Waals surface area contributed by atoms with E-state index in [2.05, 4.69) is 15.6 Å². The minimum atomic E-state index is -0.358. The minimum absolute atomic E-state index is 0.141. The lowest BCUT2D eigenvalue weighted by Gasteiger charge is -2.16. The van der Waals surface area contributed by atoms with Gasteiger partial charge in [0, 0.05) is 31.6 Å². The smallest absolute Gasteiger partial charge is 0.229 e. The number of aryl methyl sites for hydroxylation is 1. The number of carbonyl (C=O) groups excluding carboxylic acids is 2. The molecule has 3 rings (SSSR count). The van der Waals surface area contributed by atoms with Gasteiger partial charge in [0.05, 0.1) is 23.5 Å². The molecular formula is C21H26N4O3S. The minimum Gasteiger partial charge on any atom is -0.382 e. The van der Waals surface area contributed by atoms with E-state index in [1.807, 2.05) is 53.3 Å². The zero-order valence-electron chi connectivity index (χ0n) is 16.7. The number of para-hydroxylation sites is 2. The molecule has 2 N–H and O–H groups in total. The summed E-state index contributed by atoms with van der Waals surface area (Å²) >= 11 is 1.51. The molecule has 0 fully saturated rings. The molecule has 7 nitrogen and oxygen atoms in total. The fraction of sp³-hybridized carbons (Fsp3) is 0.381. The first-order chi connectivity index (χ1) is 14.1. The van der Waals surface area contributed by atoms with E-state index in [0.29, 0.717) is 25.7 Å². The number of ether oxygens (including phenoxy) is 1. The third-order valence-corrected chi connectivity index (χ3v) is 5.42. The molecule has 154 valence electrons. The van der Waals surface area contributed by atoms with Crippen molar-refractivity contribution >= 4 is 40.1 Å². The van der Waals surface area contributed by atoms with E-state index in [1.54, 1.807) is 0 Å². The first-order valence-corrected chi connectivity index (χ1v) is 10.6. The molecule has 3 aromatic rings. The second kappa shape index (κ2) is 10.2. The summed E-state index contributed by atoms with van der Waals surface area (Å²) in [7, 11) is 0. The van der Waals surface area contributed by atoms with Crippen LogP contribution in [-0.4, -0.2) is 34.6 Å². The van der Waals surface area contributed by atoms with Crippen molar-refractivity contribution in [1.29, 1.82) is 0 Å². The molecule has 0 radical (unpaired) electrons. The predicted octanol–water partition coefficient (Wildman–Crippen LogP) is 3.73. The number of hydrogen-bond donors (Lipinski definition) is 2. The molecule has 2 aromatic heterocycles. The number of carbonyl (C=O) groups is 2. The van der Waals surface area contributed by atoms with Crippen LogP contribution in [0, 0.1) is 0 Å². The lowest BCUT2D eigenvalue weighted by atomic mass is 10.1. The van der Waals surface area contributed by atoms with E-state index in [4.69, 9.17) is 4.74 Å². The highest BCUT2D eigenvalue weighted by molar-refractivity contribution is 7.10. The van der Waals surface area contributed by atoms with Gasteiger partial charge in [-0.25, -0.2) is 4.98 Å². The number of anilines is 1. The van der Waals surface area contributed by atoms with Gasteiger partial charge in [0.15, 0.2) is 0 Å². The van der Waals surface area contributed by atoms with Crippen molar-refractivity contribution in [3.63, 3.8) is 0 Å². The Balaban J connectivity index is 1.75. The first-order valence-electron chi connectivity index (χ1n) is 9.72. The Morgan fingerprint density at radius 1 is 1.24 bits per heavy atom. The predicted molar refractivity (Wildman–Crippen MR) is 115 cm³/mol. The van der Waals surface area contributed by atoms with Gasteiger partial charge < -0.3 is 14.6 Å². The van der Waals surface area contributed by atoms with Crippen molar-refractivity contribution in [3.8, 4) is 0 Å². The standard InChI is InChI=1S/C21H26N4O3S/c1-3-28-12-7-11-25-18-9-5-4-8-16(18)23-21(25)24-20(27)14-17(22-15(2)26)19-10-6-13-29-19/h4-6,8-10,13,17H,3,7,11-12,14H2,1-2H3,(H,22,26)(H,23,24,27). The van der Waals surface area contributed by atoms with Crippen LogP contribution in [0.2, 0.25) is 0 Å². The molecule has 0 saturated heterocycles. The van der Waals surface area contributed by atoms with Gasteiger partial charge in [-0.15, -0.1) is 11.3 Å². The van der Waals surface area contributed by atoms with Crippen LogP contribution >= 0.6 is 11.3 Å². The van der Waals surface area contributed by atoms with E-state index in [0.717, 1.165) is 22.3 Å². The fourth-order valence-electron chi connectivity index (χ4n) is 3.19. The number of thiophene rings is 1. The number of rotatable bonds is 10. The van der Waals surface area contributed by atoms with Crippen LogP contribution in [-0.2, 0) is 20.9 Å². The lowest BCUT2D eigenvalue weighted by molar-refractivity contribution is -0.120. The second-order valence-corrected chi connectivity index (χ2v) is 7.63. The molecule has 1 atom stereocenters. The Bertz CT molecular complexity index is 952. The molecule has 29 heavy (non-hydrogen) atoms.